The number of hydrogen-bond acceptors (Lipinski definition) is 8. The molecule has 4 heterocycles. The number of nitrogens with zero attached hydrogens (tertiary/aromatic N) is 3. The lowest BCUT2D eigenvalue weighted by Crippen LogP contribution is -2.36. The fraction of sp³-hybridized carbons (Fsp3) is 0.304. The molecule has 3 aromatic heterocycles. The Balaban J connectivity index is 1.49. The largest absolute Gasteiger partial charge is 0.467 e. The molecule has 2 N–H and O–H groups in total. The van der Waals surface area contributed by atoms with Crippen LogP contribution in [0.3, 0.4) is 0 Å². The second-order valence-corrected chi connectivity index (χ2v) is 8.34. The molecular weight excluding hydrogens is 412 g/mol. The molecule has 0 amide bonds. The van der Waals surface area contributed by atoms with E-state index in [-0.39, 0.29) is 0 Å². The maximum Gasteiger partial charge on any atom is 0.146 e. The Labute approximate surface area is 184 Å². The van der Waals surface area contributed by atoms with Crippen LogP contribution in [0.25, 0.3) is 21.3 Å². The number of furan rings is 1. The zero-order chi connectivity index (χ0) is 21.0. The fourth-order valence-electron chi connectivity index (χ4n) is 3.75. The second-order valence-electron chi connectivity index (χ2n) is 7.48. The molecule has 1 saturated heterocycles. The number of aromatic nitrogens is 2. The molecule has 1 aliphatic rings. The van der Waals surface area contributed by atoms with Crippen LogP contribution < -0.4 is 5.32 Å². The number of ether oxygens (including phenoxy) is 1. The molecule has 0 aliphatic carbocycles. The van der Waals surface area contributed by atoms with Crippen LogP contribution in [0, 0.1) is 0 Å². The van der Waals surface area contributed by atoms with Gasteiger partial charge in [-0.15, -0.1) is 11.3 Å². The van der Waals surface area contributed by atoms with Gasteiger partial charge in [0.25, 0.3) is 0 Å². The summed E-state index contributed by atoms with van der Waals surface area (Å²) in [6.45, 7) is 4.19. The Morgan fingerprint density at radius 1 is 1.10 bits per heavy atom. The van der Waals surface area contributed by atoms with Crippen molar-refractivity contribution in [2.24, 2.45) is 0 Å². The number of aliphatic hydroxyl groups excluding tert-OH is 1. The summed E-state index contributed by atoms with van der Waals surface area (Å²) in [7, 11) is 0. The minimum atomic E-state index is -0.762. The van der Waals surface area contributed by atoms with E-state index in [0.29, 0.717) is 18.8 Å². The lowest BCUT2D eigenvalue weighted by atomic mass is 10.1. The summed E-state index contributed by atoms with van der Waals surface area (Å²) in [6.07, 6.45) is 0.801. The van der Waals surface area contributed by atoms with Gasteiger partial charge in [0.15, 0.2) is 0 Å². The number of hydrogen-bond donors (Lipinski definition) is 2. The molecule has 8 heteroatoms. The van der Waals surface area contributed by atoms with Gasteiger partial charge in [-0.05, 0) is 17.7 Å². The Morgan fingerprint density at radius 3 is 2.71 bits per heavy atom. The number of morpholine rings is 1. The molecule has 0 saturated carbocycles. The van der Waals surface area contributed by atoms with E-state index in [9.17, 15) is 5.11 Å². The third-order valence-corrected chi connectivity index (χ3v) is 6.24. The van der Waals surface area contributed by atoms with Gasteiger partial charge in [0, 0.05) is 30.6 Å². The van der Waals surface area contributed by atoms with Crippen molar-refractivity contribution in [2.75, 3.05) is 38.2 Å². The van der Waals surface area contributed by atoms with Gasteiger partial charge in [-0.1, -0.05) is 30.3 Å². The van der Waals surface area contributed by atoms with E-state index in [0.717, 1.165) is 59.3 Å². The van der Waals surface area contributed by atoms with Crippen LogP contribution in [-0.4, -0.2) is 52.8 Å². The summed E-state index contributed by atoms with van der Waals surface area (Å²) < 4.78 is 10.8. The molecule has 1 aliphatic heterocycles. The number of aliphatic hydroxyl groups is 1. The minimum Gasteiger partial charge on any atom is -0.467 e. The van der Waals surface area contributed by atoms with Crippen molar-refractivity contribution in [3.05, 3.63) is 65.7 Å². The van der Waals surface area contributed by atoms with Crippen molar-refractivity contribution in [3.63, 3.8) is 0 Å². The van der Waals surface area contributed by atoms with Crippen molar-refractivity contribution >= 4 is 27.4 Å². The van der Waals surface area contributed by atoms with Crippen LogP contribution in [0.15, 0.2) is 58.5 Å². The summed E-state index contributed by atoms with van der Waals surface area (Å²) in [6, 6.07) is 13.8. The van der Waals surface area contributed by atoms with Crippen LogP contribution in [0.1, 0.15) is 17.7 Å². The Hall–Kier alpha value is -2.78. The minimum absolute atomic E-state index is 0.292. The molecule has 0 bridgehead atoms. The Kier molecular flexibility index (Phi) is 5.95. The number of rotatable bonds is 7. The quantitative estimate of drug-likeness (QED) is 0.454. The van der Waals surface area contributed by atoms with E-state index in [1.807, 2.05) is 18.2 Å². The lowest BCUT2D eigenvalue weighted by molar-refractivity contribution is 0.0331. The molecule has 4 aromatic rings. The van der Waals surface area contributed by atoms with E-state index >= 15 is 0 Å². The molecule has 1 aromatic carbocycles. The van der Waals surface area contributed by atoms with Crippen molar-refractivity contribution in [1.82, 2.24) is 14.9 Å². The predicted octanol–water partition coefficient (Wildman–Crippen LogP) is 3.93. The van der Waals surface area contributed by atoms with Crippen LogP contribution in [0.2, 0.25) is 0 Å². The van der Waals surface area contributed by atoms with Crippen LogP contribution in [0.5, 0.6) is 0 Å². The molecular formula is C23H24N4O3S. The molecule has 7 nitrogen and oxygen atoms in total. The SMILES string of the molecule is O[C@@H](CNc1nc(CN2CCOCC2)nc2scc(-c3ccccc3)c12)c1ccco1. The Morgan fingerprint density at radius 2 is 1.94 bits per heavy atom. The number of nitrogens with one attached hydrogen (secondary N) is 1. The van der Waals surface area contributed by atoms with Crippen LogP contribution >= 0.6 is 11.3 Å². The highest BCUT2D eigenvalue weighted by molar-refractivity contribution is 7.17. The first-order chi connectivity index (χ1) is 15.3. The first kappa shape index (κ1) is 20.1. The van der Waals surface area contributed by atoms with Gasteiger partial charge >= 0.3 is 0 Å². The van der Waals surface area contributed by atoms with Crippen molar-refractivity contribution < 1.29 is 14.3 Å². The van der Waals surface area contributed by atoms with Gasteiger partial charge in [0.1, 0.15) is 28.3 Å². The number of fused-ring (bicyclic) bond motifs is 1. The van der Waals surface area contributed by atoms with Gasteiger partial charge in [0.2, 0.25) is 0 Å². The van der Waals surface area contributed by atoms with Gasteiger partial charge in [-0.2, -0.15) is 0 Å². The number of benzene rings is 1. The van der Waals surface area contributed by atoms with Crippen molar-refractivity contribution in [1.29, 1.82) is 0 Å². The topological polar surface area (TPSA) is 83.7 Å². The predicted molar refractivity (Wildman–Crippen MR) is 121 cm³/mol. The Bertz CT molecular complexity index is 1120. The standard InChI is InChI=1S/C23H24N4O3S/c28-18(19-7-4-10-30-19)13-24-22-21-17(16-5-2-1-3-6-16)15-31-23(21)26-20(25-22)14-27-8-11-29-12-9-27/h1-7,10,15,18,28H,8-9,11-14H2,(H,24,25,26)/t18-/m0/s1. The fourth-order valence-corrected chi connectivity index (χ4v) is 4.71. The first-order valence-electron chi connectivity index (χ1n) is 10.4. The first-order valence-corrected chi connectivity index (χ1v) is 11.2. The molecule has 0 unspecified atom stereocenters. The van der Waals surface area contributed by atoms with E-state index < -0.39 is 6.10 Å². The highest BCUT2D eigenvalue weighted by Crippen LogP contribution is 2.37. The molecule has 31 heavy (non-hydrogen) atoms. The highest BCUT2D eigenvalue weighted by Gasteiger charge is 2.19. The lowest BCUT2D eigenvalue weighted by Gasteiger charge is -2.26. The van der Waals surface area contributed by atoms with E-state index in [4.69, 9.17) is 19.1 Å². The summed E-state index contributed by atoms with van der Waals surface area (Å²) in [5.74, 6) is 2.03. The zero-order valence-corrected chi connectivity index (χ0v) is 17.8. The third-order valence-electron chi connectivity index (χ3n) is 5.37. The van der Waals surface area contributed by atoms with E-state index in [2.05, 4.69) is 27.7 Å². The van der Waals surface area contributed by atoms with Crippen molar-refractivity contribution in [3.8, 4) is 11.1 Å². The molecule has 1 atom stereocenters. The highest BCUT2D eigenvalue weighted by atomic mass is 32.1. The monoisotopic (exact) mass is 436 g/mol. The average molecular weight is 437 g/mol. The second kappa shape index (κ2) is 9.15. The van der Waals surface area contributed by atoms with Crippen LogP contribution in [0.4, 0.5) is 5.82 Å². The molecule has 5 rings (SSSR count). The molecule has 0 radical (unpaired) electrons. The summed E-state index contributed by atoms with van der Waals surface area (Å²) in [5.41, 5.74) is 2.21. The smallest absolute Gasteiger partial charge is 0.146 e. The summed E-state index contributed by atoms with van der Waals surface area (Å²) in [4.78, 5) is 13.0. The molecule has 0 spiro atoms. The zero-order valence-electron chi connectivity index (χ0n) is 17.0. The summed E-state index contributed by atoms with van der Waals surface area (Å²) >= 11 is 1.62. The van der Waals surface area contributed by atoms with E-state index in [1.165, 1.54) is 0 Å². The normalized spacial score (nSPS) is 15.9. The van der Waals surface area contributed by atoms with Gasteiger partial charge < -0.3 is 19.6 Å². The van der Waals surface area contributed by atoms with Gasteiger partial charge in [-0.3, -0.25) is 4.90 Å². The van der Waals surface area contributed by atoms with Crippen LogP contribution in [-0.2, 0) is 11.3 Å². The van der Waals surface area contributed by atoms with Gasteiger partial charge in [-0.25, -0.2) is 9.97 Å². The third kappa shape index (κ3) is 4.47. The number of thiophene rings is 1. The van der Waals surface area contributed by atoms with Crippen molar-refractivity contribution in [2.45, 2.75) is 12.6 Å². The summed E-state index contributed by atoms with van der Waals surface area (Å²) in [5, 5.41) is 16.9. The van der Waals surface area contributed by atoms with Gasteiger partial charge in [0.05, 0.1) is 31.4 Å². The average Bonchev–Trinajstić information content (AvgIpc) is 3.49. The van der Waals surface area contributed by atoms with E-state index in [1.54, 1.807) is 29.7 Å². The molecule has 1 fully saturated rings. The maximum absolute atomic E-state index is 10.5. The maximum atomic E-state index is 10.5. The molecule has 160 valence electrons. The number of anilines is 1.